The standard InChI is InChI=1S/C15H14ClN7O3/c1-10-5-14(23(25)26)22(19-10)8-13(24)18-15-17-9-21(20-15)7-11-3-2-4-12(16)6-11/h2-6,9H,7-8H2,1H3,(H,18,20,24). The van der Waals surface area contributed by atoms with E-state index in [-0.39, 0.29) is 18.3 Å². The normalized spacial score (nSPS) is 10.7. The number of aryl methyl sites for hydroxylation is 1. The number of hydrogen-bond donors (Lipinski definition) is 1. The van der Waals surface area contributed by atoms with Crippen LogP contribution in [0.5, 0.6) is 0 Å². The Bertz CT molecular complexity index is 966. The molecule has 0 atom stereocenters. The zero-order valence-corrected chi connectivity index (χ0v) is 14.4. The molecule has 0 aliphatic rings. The van der Waals surface area contributed by atoms with Crippen LogP contribution in [0, 0.1) is 17.0 Å². The van der Waals surface area contributed by atoms with Crippen molar-refractivity contribution in [2.45, 2.75) is 20.0 Å². The summed E-state index contributed by atoms with van der Waals surface area (Å²) < 4.78 is 2.56. The smallest absolute Gasteiger partial charge is 0.345 e. The first-order valence-corrected chi connectivity index (χ1v) is 7.91. The van der Waals surface area contributed by atoms with Crippen molar-refractivity contribution in [2.75, 3.05) is 5.32 Å². The average molecular weight is 376 g/mol. The van der Waals surface area contributed by atoms with Crippen LogP contribution in [0.2, 0.25) is 5.02 Å². The van der Waals surface area contributed by atoms with Crippen LogP contribution in [0.15, 0.2) is 36.7 Å². The van der Waals surface area contributed by atoms with Crippen molar-refractivity contribution in [1.82, 2.24) is 24.5 Å². The minimum Gasteiger partial charge on any atom is -0.358 e. The van der Waals surface area contributed by atoms with Gasteiger partial charge in [0.1, 0.15) is 6.33 Å². The molecule has 2 heterocycles. The van der Waals surface area contributed by atoms with E-state index in [0.29, 0.717) is 17.3 Å². The number of benzene rings is 1. The second kappa shape index (κ2) is 7.31. The molecular weight excluding hydrogens is 362 g/mol. The molecule has 0 aliphatic heterocycles. The minimum atomic E-state index is -0.592. The molecule has 2 aromatic heterocycles. The van der Waals surface area contributed by atoms with Crippen LogP contribution >= 0.6 is 11.6 Å². The SMILES string of the molecule is Cc1cc([N+](=O)[O-])n(CC(=O)Nc2ncn(Cc3cccc(Cl)c3)n2)n1. The third kappa shape index (κ3) is 4.22. The summed E-state index contributed by atoms with van der Waals surface area (Å²) in [7, 11) is 0. The van der Waals surface area contributed by atoms with Crippen molar-refractivity contribution < 1.29 is 9.72 Å². The summed E-state index contributed by atoms with van der Waals surface area (Å²) in [5.41, 5.74) is 1.39. The first kappa shape index (κ1) is 17.5. The van der Waals surface area contributed by atoms with Crippen molar-refractivity contribution in [3.05, 3.63) is 63.1 Å². The Morgan fingerprint density at radius 1 is 1.35 bits per heavy atom. The number of rotatable bonds is 6. The molecule has 0 unspecified atom stereocenters. The molecule has 134 valence electrons. The van der Waals surface area contributed by atoms with Crippen LogP contribution in [0.1, 0.15) is 11.3 Å². The van der Waals surface area contributed by atoms with Gasteiger partial charge in [-0.05, 0) is 29.5 Å². The Kier molecular flexibility index (Phi) is 4.94. The molecule has 0 saturated carbocycles. The topological polar surface area (TPSA) is 121 Å². The van der Waals surface area contributed by atoms with Crippen LogP contribution in [0.4, 0.5) is 11.8 Å². The predicted octanol–water partition coefficient (Wildman–Crippen LogP) is 2.03. The lowest BCUT2D eigenvalue weighted by molar-refractivity contribution is -0.392. The molecule has 3 rings (SSSR count). The number of carbonyl (C=O) groups is 1. The molecule has 10 nitrogen and oxygen atoms in total. The van der Waals surface area contributed by atoms with Gasteiger partial charge in [-0.1, -0.05) is 28.8 Å². The molecule has 0 aliphatic carbocycles. The molecule has 0 spiro atoms. The van der Waals surface area contributed by atoms with Gasteiger partial charge in [0, 0.05) is 5.02 Å². The van der Waals surface area contributed by atoms with Gasteiger partial charge in [-0.15, -0.1) is 9.78 Å². The van der Waals surface area contributed by atoms with Crippen molar-refractivity contribution in [2.24, 2.45) is 0 Å². The fraction of sp³-hybridized carbons (Fsp3) is 0.200. The Labute approximate surface area is 152 Å². The van der Waals surface area contributed by atoms with E-state index in [0.717, 1.165) is 10.2 Å². The molecular formula is C15H14ClN7O3. The predicted molar refractivity (Wildman–Crippen MR) is 92.8 cm³/mol. The lowest BCUT2D eigenvalue weighted by atomic mass is 10.2. The first-order chi connectivity index (χ1) is 12.4. The summed E-state index contributed by atoms with van der Waals surface area (Å²) in [5.74, 6) is -0.669. The number of aromatic nitrogens is 5. The highest BCUT2D eigenvalue weighted by Crippen LogP contribution is 2.13. The van der Waals surface area contributed by atoms with E-state index in [2.05, 4.69) is 20.5 Å². The van der Waals surface area contributed by atoms with Gasteiger partial charge in [0.15, 0.2) is 6.54 Å². The van der Waals surface area contributed by atoms with Gasteiger partial charge < -0.3 is 10.1 Å². The van der Waals surface area contributed by atoms with Gasteiger partial charge in [0.2, 0.25) is 5.95 Å². The maximum atomic E-state index is 12.1. The molecule has 0 saturated heterocycles. The lowest BCUT2D eigenvalue weighted by Crippen LogP contribution is -2.21. The Morgan fingerprint density at radius 2 is 2.15 bits per heavy atom. The third-order valence-corrected chi connectivity index (χ3v) is 3.62. The lowest BCUT2D eigenvalue weighted by Gasteiger charge is -2.02. The molecule has 26 heavy (non-hydrogen) atoms. The fourth-order valence-electron chi connectivity index (χ4n) is 2.35. The molecule has 11 heteroatoms. The summed E-state index contributed by atoms with van der Waals surface area (Å²) >= 11 is 5.94. The second-order valence-electron chi connectivity index (χ2n) is 5.50. The van der Waals surface area contributed by atoms with Gasteiger partial charge >= 0.3 is 5.82 Å². The van der Waals surface area contributed by atoms with Gasteiger partial charge in [-0.3, -0.25) is 10.1 Å². The van der Waals surface area contributed by atoms with Crippen LogP contribution in [0.3, 0.4) is 0 Å². The van der Waals surface area contributed by atoms with Crippen molar-refractivity contribution >= 4 is 29.3 Å². The van der Waals surface area contributed by atoms with E-state index < -0.39 is 10.8 Å². The van der Waals surface area contributed by atoms with Crippen molar-refractivity contribution in [1.29, 1.82) is 0 Å². The fourth-order valence-corrected chi connectivity index (χ4v) is 2.56. The Morgan fingerprint density at radius 3 is 2.88 bits per heavy atom. The summed E-state index contributed by atoms with van der Waals surface area (Å²) in [6.45, 7) is 1.74. The number of anilines is 1. The van der Waals surface area contributed by atoms with Crippen molar-refractivity contribution in [3.8, 4) is 0 Å². The molecule has 1 N–H and O–H groups in total. The van der Waals surface area contributed by atoms with Gasteiger partial charge in [0.25, 0.3) is 5.91 Å². The highest BCUT2D eigenvalue weighted by molar-refractivity contribution is 6.30. The maximum Gasteiger partial charge on any atom is 0.345 e. The first-order valence-electron chi connectivity index (χ1n) is 7.53. The number of amides is 1. The molecule has 0 bridgehead atoms. The summed E-state index contributed by atoms with van der Waals surface area (Å²) in [6, 6.07) is 8.60. The number of halogens is 1. The maximum absolute atomic E-state index is 12.1. The number of carbonyl (C=O) groups excluding carboxylic acids is 1. The largest absolute Gasteiger partial charge is 0.358 e. The highest BCUT2D eigenvalue weighted by atomic mass is 35.5. The molecule has 1 aromatic carbocycles. The summed E-state index contributed by atoms with van der Waals surface area (Å²) in [4.78, 5) is 26.4. The number of nitrogens with zero attached hydrogens (tertiary/aromatic N) is 6. The summed E-state index contributed by atoms with van der Waals surface area (Å²) in [6.07, 6.45) is 1.47. The highest BCUT2D eigenvalue weighted by Gasteiger charge is 2.20. The van der Waals surface area contributed by atoms with E-state index >= 15 is 0 Å². The van der Waals surface area contributed by atoms with Gasteiger partial charge in [-0.25, -0.2) is 9.67 Å². The number of hydrogen-bond acceptors (Lipinski definition) is 6. The molecule has 3 aromatic rings. The Hall–Kier alpha value is -3.27. The van der Waals surface area contributed by atoms with E-state index in [1.807, 2.05) is 12.1 Å². The number of nitro groups is 1. The molecule has 1 amide bonds. The second-order valence-corrected chi connectivity index (χ2v) is 5.94. The average Bonchev–Trinajstić information content (AvgIpc) is 3.13. The van der Waals surface area contributed by atoms with E-state index in [9.17, 15) is 14.9 Å². The third-order valence-electron chi connectivity index (χ3n) is 3.38. The van der Waals surface area contributed by atoms with E-state index in [1.165, 1.54) is 12.4 Å². The summed E-state index contributed by atoms with van der Waals surface area (Å²) in [5, 5.41) is 22.1. The van der Waals surface area contributed by atoms with Crippen molar-refractivity contribution in [3.63, 3.8) is 0 Å². The monoisotopic (exact) mass is 375 g/mol. The van der Waals surface area contributed by atoms with Gasteiger partial charge in [-0.2, -0.15) is 0 Å². The van der Waals surface area contributed by atoms with Crippen LogP contribution in [-0.2, 0) is 17.9 Å². The van der Waals surface area contributed by atoms with Crippen LogP contribution < -0.4 is 5.32 Å². The number of nitrogens with one attached hydrogen (secondary N) is 1. The molecule has 0 radical (unpaired) electrons. The zero-order chi connectivity index (χ0) is 18.7. The Balaban J connectivity index is 1.64. The quantitative estimate of drug-likeness (QED) is 0.519. The molecule has 0 fully saturated rings. The van der Waals surface area contributed by atoms with E-state index in [4.69, 9.17) is 11.6 Å². The van der Waals surface area contributed by atoms with Crippen LogP contribution in [-0.4, -0.2) is 35.4 Å². The minimum absolute atomic E-state index is 0.101. The van der Waals surface area contributed by atoms with Gasteiger partial charge in [0.05, 0.1) is 18.3 Å². The van der Waals surface area contributed by atoms with Crippen LogP contribution in [0.25, 0.3) is 0 Å². The van der Waals surface area contributed by atoms with E-state index in [1.54, 1.807) is 23.7 Å². The zero-order valence-electron chi connectivity index (χ0n) is 13.7.